The summed E-state index contributed by atoms with van der Waals surface area (Å²) in [5, 5.41) is 6.86. The van der Waals surface area contributed by atoms with Crippen LogP contribution in [-0.4, -0.2) is 28.3 Å². The highest BCUT2D eigenvalue weighted by molar-refractivity contribution is 5.87. The summed E-state index contributed by atoms with van der Waals surface area (Å²) in [6.07, 6.45) is 3.94. The Balaban J connectivity index is 1.57. The van der Waals surface area contributed by atoms with E-state index in [0.29, 0.717) is 17.5 Å². The Morgan fingerprint density at radius 3 is 2.95 bits per heavy atom. The fourth-order valence-electron chi connectivity index (χ4n) is 1.88. The zero-order valence-electron chi connectivity index (χ0n) is 11.1. The van der Waals surface area contributed by atoms with Gasteiger partial charge in [-0.2, -0.15) is 5.10 Å². The van der Waals surface area contributed by atoms with Gasteiger partial charge in [-0.25, -0.2) is 9.78 Å². The molecule has 6 heteroatoms. The van der Waals surface area contributed by atoms with Gasteiger partial charge in [-0.3, -0.25) is 5.10 Å². The first-order chi connectivity index (χ1) is 9.76. The average molecular weight is 273 g/mol. The third-order valence-electron chi connectivity index (χ3n) is 3.20. The topological polar surface area (TPSA) is 77.1 Å². The standard InChI is InChI=1S/C14H15N3O3/c1-19-13-5-2-9(7-15-13)8-20-14(18)12-6-11(16-17-12)10-3-4-10/h2,5-7,10H,3-4,8H2,1H3,(H,16,17). The maximum Gasteiger partial charge on any atom is 0.359 e. The molecule has 6 nitrogen and oxygen atoms in total. The number of aromatic amines is 1. The molecular formula is C14H15N3O3. The smallest absolute Gasteiger partial charge is 0.359 e. The first-order valence-electron chi connectivity index (χ1n) is 6.47. The molecule has 0 saturated heterocycles. The number of esters is 1. The number of pyridine rings is 1. The number of H-pyrrole nitrogens is 1. The van der Waals surface area contributed by atoms with Gasteiger partial charge in [-0.1, -0.05) is 0 Å². The predicted octanol–water partition coefficient (Wildman–Crippen LogP) is 2.05. The molecule has 1 saturated carbocycles. The molecule has 1 fully saturated rings. The molecule has 0 unspecified atom stereocenters. The Hall–Kier alpha value is -2.37. The van der Waals surface area contributed by atoms with Crippen LogP contribution in [0.3, 0.4) is 0 Å². The lowest BCUT2D eigenvalue weighted by atomic mass is 10.2. The largest absolute Gasteiger partial charge is 0.481 e. The van der Waals surface area contributed by atoms with Crippen molar-refractivity contribution in [2.24, 2.45) is 0 Å². The number of carbonyl (C=O) groups is 1. The number of methoxy groups -OCH3 is 1. The van der Waals surface area contributed by atoms with Crippen LogP contribution in [0.5, 0.6) is 5.88 Å². The maximum absolute atomic E-state index is 11.8. The Morgan fingerprint density at radius 1 is 1.45 bits per heavy atom. The zero-order chi connectivity index (χ0) is 13.9. The van der Waals surface area contributed by atoms with E-state index in [2.05, 4.69) is 15.2 Å². The van der Waals surface area contributed by atoms with Gasteiger partial charge in [0.15, 0.2) is 5.69 Å². The molecule has 2 aromatic heterocycles. The summed E-state index contributed by atoms with van der Waals surface area (Å²) in [4.78, 5) is 15.9. The summed E-state index contributed by atoms with van der Waals surface area (Å²) < 4.78 is 10.2. The number of nitrogens with zero attached hydrogens (tertiary/aromatic N) is 2. The summed E-state index contributed by atoms with van der Waals surface area (Å²) in [7, 11) is 1.55. The van der Waals surface area contributed by atoms with Crippen molar-refractivity contribution in [3.8, 4) is 5.88 Å². The van der Waals surface area contributed by atoms with Gasteiger partial charge in [0.05, 0.1) is 7.11 Å². The number of rotatable bonds is 5. The van der Waals surface area contributed by atoms with E-state index < -0.39 is 5.97 Å². The Kier molecular flexibility index (Phi) is 3.37. The van der Waals surface area contributed by atoms with Crippen LogP contribution in [-0.2, 0) is 11.3 Å². The van der Waals surface area contributed by atoms with E-state index in [1.165, 1.54) is 0 Å². The van der Waals surface area contributed by atoms with Crippen molar-refractivity contribution >= 4 is 5.97 Å². The van der Waals surface area contributed by atoms with E-state index >= 15 is 0 Å². The first-order valence-corrected chi connectivity index (χ1v) is 6.47. The van der Waals surface area contributed by atoms with Gasteiger partial charge in [-0.15, -0.1) is 0 Å². The maximum atomic E-state index is 11.8. The van der Waals surface area contributed by atoms with E-state index in [9.17, 15) is 4.79 Å². The lowest BCUT2D eigenvalue weighted by molar-refractivity contribution is 0.0465. The van der Waals surface area contributed by atoms with E-state index in [-0.39, 0.29) is 6.61 Å². The second kappa shape index (κ2) is 5.32. The van der Waals surface area contributed by atoms with Crippen molar-refractivity contribution in [3.05, 3.63) is 41.3 Å². The van der Waals surface area contributed by atoms with Gasteiger partial charge >= 0.3 is 5.97 Å². The highest BCUT2D eigenvalue weighted by Crippen LogP contribution is 2.39. The number of nitrogens with one attached hydrogen (secondary N) is 1. The van der Waals surface area contributed by atoms with Crippen molar-refractivity contribution in [1.82, 2.24) is 15.2 Å². The lowest BCUT2D eigenvalue weighted by Crippen LogP contribution is -2.06. The van der Waals surface area contributed by atoms with Crippen LogP contribution in [0.1, 0.15) is 40.5 Å². The van der Waals surface area contributed by atoms with Crippen molar-refractivity contribution in [2.45, 2.75) is 25.4 Å². The summed E-state index contributed by atoms with van der Waals surface area (Å²) >= 11 is 0. The molecule has 0 amide bonds. The fraction of sp³-hybridized carbons (Fsp3) is 0.357. The Morgan fingerprint density at radius 2 is 2.30 bits per heavy atom. The third-order valence-corrected chi connectivity index (χ3v) is 3.20. The summed E-state index contributed by atoms with van der Waals surface area (Å²) in [6.45, 7) is 0.168. The van der Waals surface area contributed by atoms with Crippen molar-refractivity contribution in [1.29, 1.82) is 0 Å². The van der Waals surface area contributed by atoms with Crippen LogP contribution in [0, 0.1) is 0 Å². The van der Waals surface area contributed by atoms with E-state index in [1.54, 1.807) is 31.5 Å². The molecule has 0 atom stereocenters. The SMILES string of the molecule is COc1ccc(COC(=O)c2cc(C3CC3)[nH]n2)cn1. The summed E-state index contributed by atoms with van der Waals surface area (Å²) in [5.74, 6) is 0.639. The molecule has 1 aliphatic carbocycles. The average Bonchev–Trinajstić information content (AvgIpc) is 3.22. The van der Waals surface area contributed by atoms with Crippen molar-refractivity contribution in [3.63, 3.8) is 0 Å². The summed E-state index contributed by atoms with van der Waals surface area (Å²) in [5.41, 5.74) is 2.15. The summed E-state index contributed by atoms with van der Waals surface area (Å²) in [6, 6.07) is 5.30. The molecule has 1 aliphatic rings. The van der Waals surface area contributed by atoms with Crippen LogP contribution in [0.4, 0.5) is 0 Å². The number of ether oxygens (including phenoxy) is 2. The lowest BCUT2D eigenvalue weighted by Gasteiger charge is -2.03. The van der Waals surface area contributed by atoms with Gasteiger partial charge in [-0.05, 0) is 25.0 Å². The molecule has 2 heterocycles. The second-order valence-corrected chi connectivity index (χ2v) is 4.77. The van der Waals surface area contributed by atoms with Crippen LogP contribution < -0.4 is 4.74 Å². The normalized spacial score (nSPS) is 14.1. The molecule has 104 valence electrons. The quantitative estimate of drug-likeness (QED) is 0.844. The number of aromatic nitrogens is 3. The van der Waals surface area contributed by atoms with E-state index in [1.807, 2.05) is 0 Å². The van der Waals surface area contributed by atoms with Gasteiger partial charge in [0.1, 0.15) is 6.61 Å². The molecular weight excluding hydrogens is 258 g/mol. The highest BCUT2D eigenvalue weighted by Gasteiger charge is 2.26. The molecule has 3 rings (SSSR count). The minimum Gasteiger partial charge on any atom is -0.481 e. The Labute approximate surface area is 116 Å². The zero-order valence-corrected chi connectivity index (χ0v) is 11.1. The number of hydrogen-bond donors (Lipinski definition) is 1. The molecule has 0 bridgehead atoms. The van der Waals surface area contributed by atoms with Crippen LogP contribution in [0.2, 0.25) is 0 Å². The van der Waals surface area contributed by atoms with Crippen molar-refractivity contribution < 1.29 is 14.3 Å². The number of hydrogen-bond acceptors (Lipinski definition) is 5. The van der Waals surface area contributed by atoms with Gasteiger partial charge in [0.25, 0.3) is 0 Å². The second-order valence-electron chi connectivity index (χ2n) is 4.77. The highest BCUT2D eigenvalue weighted by atomic mass is 16.5. The molecule has 0 aliphatic heterocycles. The number of carbonyl (C=O) groups excluding carboxylic acids is 1. The molecule has 0 radical (unpaired) electrons. The molecule has 1 N–H and O–H groups in total. The molecule has 2 aromatic rings. The minimum atomic E-state index is -0.427. The van der Waals surface area contributed by atoms with Crippen LogP contribution in [0.25, 0.3) is 0 Å². The van der Waals surface area contributed by atoms with Gasteiger partial charge < -0.3 is 9.47 Å². The van der Waals surface area contributed by atoms with Crippen molar-refractivity contribution in [2.75, 3.05) is 7.11 Å². The molecule has 0 spiro atoms. The van der Waals surface area contributed by atoms with Gasteiger partial charge in [0.2, 0.25) is 5.88 Å². The first kappa shape index (κ1) is 12.7. The molecule has 20 heavy (non-hydrogen) atoms. The minimum absolute atomic E-state index is 0.168. The predicted molar refractivity (Wildman–Crippen MR) is 70.5 cm³/mol. The van der Waals surface area contributed by atoms with E-state index in [4.69, 9.17) is 9.47 Å². The fourth-order valence-corrected chi connectivity index (χ4v) is 1.88. The van der Waals surface area contributed by atoms with Crippen LogP contribution in [0.15, 0.2) is 24.4 Å². The third kappa shape index (κ3) is 2.79. The van der Waals surface area contributed by atoms with E-state index in [0.717, 1.165) is 24.1 Å². The Bertz CT molecular complexity index is 602. The van der Waals surface area contributed by atoms with Gasteiger partial charge in [0, 0.05) is 29.4 Å². The van der Waals surface area contributed by atoms with Crippen LogP contribution >= 0.6 is 0 Å². The molecule has 0 aromatic carbocycles. The monoisotopic (exact) mass is 273 g/mol.